The summed E-state index contributed by atoms with van der Waals surface area (Å²) in [7, 11) is 3.12. The van der Waals surface area contributed by atoms with Crippen LogP contribution in [-0.2, 0) is 5.75 Å². The third-order valence-electron chi connectivity index (χ3n) is 3.96. The summed E-state index contributed by atoms with van der Waals surface area (Å²) in [4.78, 5) is 19.1. The number of thioether (sulfide) groups is 1. The minimum Gasteiger partial charge on any atom is -0.493 e. The normalized spacial score (nSPS) is 13.5. The van der Waals surface area contributed by atoms with E-state index in [4.69, 9.17) is 21.1 Å². The minimum atomic E-state index is -0.0918. The van der Waals surface area contributed by atoms with E-state index < -0.39 is 0 Å². The molecule has 0 saturated heterocycles. The number of ether oxygens (including phenoxy) is 2. The van der Waals surface area contributed by atoms with Crippen molar-refractivity contribution in [3.05, 3.63) is 58.6 Å². The van der Waals surface area contributed by atoms with E-state index in [0.717, 1.165) is 16.5 Å². The lowest BCUT2D eigenvalue weighted by molar-refractivity contribution is 0.0860. The number of rotatable bonds is 5. The third-order valence-corrected chi connectivity index (χ3v) is 5.30. The molecule has 2 aromatic carbocycles. The molecule has 0 aromatic heterocycles. The second-order valence-corrected chi connectivity index (χ2v) is 6.98. The molecule has 7 heteroatoms. The van der Waals surface area contributed by atoms with Crippen molar-refractivity contribution in [3.8, 4) is 11.5 Å². The van der Waals surface area contributed by atoms with Crippen LogP contribution in [0.3, 0.4) is 0 Å². The van der Waals surface area contributed by atoms with E-state index in [-0.39, 0.29) is 5.91 Å². The van der Waals surface area contributed by atoms with Gasteiger partial charge in [0.25, 0.3) is 5.91 Å². The SMILES string of the molecule is COc1ccc(C(=O)N2CCN=C2SCc2ccc(Cl)cc2)cc1OC. The highest BCUT2D eigenvalue weighted by atomic mass is 35.5. The fourth-order valence-electron chi connectivity index (χ4n) is 2.59. The average molecular weight is 391 g/mol. The first-order chi connectivity index (χ1) is 12.6. The minimum absolute atomic E-state index is 0.0918. The first kappa shape index (κ1) is 18.6. The molecule has 1 aliphatic heterocycles. The van der Waals surface area contributed by atoms with Crippen LogP contribution in [0.25, 0.3) is 0 Å². The molecule has 0 radical (unpaired) electrons. The Balaban J connectivity index is 1.70. The number of carbonyl (C=O) groups is 1. The molecule has 1 heterocycles. The largest absolute Gasteiger partial charge is 0.493 e. The van der Waals surface area contributed by atoms with E-state index >= 15 is 0 Å². The Kier molecular flexibility index (Phi) is 6.06. The van der Waals surface area contributed by atoms with Crippen LogP contribution < -0.4 is 9.47 Å². The summed E-state index contributed by atoms with van der Waals surface area (Å²) < 4.78 is 10.5. The van der Waals surface area contributed by atoms with Gasteiger partial charge in [-0.2, -0.15) is 0 Å². The number of carbonyl (C=O) groups excluding carboxylic acids is 1. The molecule has 0 fully saturated rings. The molecule has 136 valence electrons. The van der Waals surface area contributed by atoms with Crippen molar-refractivity contribution in [3.63, 3.8) is 0 Å². The van der Waals surface area contributed by atoms with Gasteiger partial charge in [0.1, 0.15) is 0 Å². The maximum absolute atomic E-state index is 12.9. The number of amidine groups is 1. The van der Waals surface area contributed by atoms with Crippen LogP contribution in [0.1, 0.15) is 15.9 Å². The zero-order chi connectivity index (χ0) is 18.5. The van der Waals surface area contributed by atoms with Crippen molar-refractivity contribution in [2.45, 2.75) is 5.75 Å². The van der Waals surface area contributed by atoms with Gasteiger partial charge in [0.05, 0.1) is 20.8 Å². The number of halogens is 1. The first-order valence-corrected chi connectivity index (χ1v) is 9.44. The number of hydrogen-bond donors (Lipinski definition) is 0. The highest BCUT2D eigenvalue weighted by molar-refractivity contribution is 8.13. The maximum Gasteiger partial charge on any atom is 0.260 e. The Bertz CT molecular complexity index is 824. The summed E-state index contributed by atoms with van der Waals surface area (Å²) in [5, 5.41) is 1.45. The van der Waals surface area contributed by atoms with Gasteiger partial charge in [-0.15, -0.1) is 0 Å². The summed E-state index contributed by atoms with van der Waals surface area (Å²) in [5.41, 5.74) is 1.68. The highest BCUT2D eigenvalue weighted by Gasteiger charge is 2.26. The summed E-state index contributed by atoms with van der Waals surface area (Å²) in [6, 6.07) is 12.8. The fraction of sp³-hybridized carbons (Fsp3) is 0.263. The number of hydrogen-bond acceptors (Lipinski definition) is 5. The molecule has 0 atom stereocenters. The van der Waals surface area contributed by atoms with Crippen molar-refractivity contribution < 1.29 is 14.3 Å². The molecule has 0 spiro atoms. The van der Waals surface area contributed by atoms with Gasteiger partial charge in [-0.25, -0.2) is 0 Å². The smallest absolute Gasteiger partial charge is 0.260 e. The van der Waals surface area contributed by atoms with Gasteiger partial charge in [0.15, 0.2) is 16.7 Å². The zero-order valence-electron chi connectivity index (χ0n) is 14.6. The molecule has 0 aliphatic carbocycles. The van der Waals surface area contributed by atoms with Crippen molar-refractivity contribution in [2.75, 3.05) is 27.3 Å². The predicted molar refractivity (Wildman–Crippen MR) is 106 cm³/mol. The van der Waals surface area contributed by atoms with Gasteiger partial charge in [-0.1, -0.05) is 35.5 Å². The number of benzene rings is 2. The van der Waals surface area contributed by atoms with Gasteiger partial charge < -0.3 is 9.47 Å². The highest BCUT2D eigenvalue weighted by Crippen LogP contribution is 2.29. The molecule has 0 saturated carbocycles. The van der Waals surface area contributed by atoms with Crippen LogP contribution in [0.4, 0.5) is 0 Å². The van der Waals surface area contributed by atoms with Crippen LogP contribution in [0.5, 0.6) is 11.5 Å². The van der Waals surface area contributed by atoms with Gasteiger partial charge >= 0.3 is 0 Å². The molecule has 1 amide bonds. The Morgan fingerprint density at radius 1 is 1.15 bits per heavy atom. The van der Waals surface area contributed by atoms with Crippen molar-refractivity contribution >= 4 is 34.4 Å². The monoisotopic (exact) mass is 390 g/mol. The Morgan fingerprint density at radius 3 is 2.58 bits per heavy atom. The molecule has 2 aromatic rings. The third kappa shape index (κ3) is 4.14. The second-order valence-electron chi connectivity index (χ2n) is 5.61. The molecule has 0 bridgehead atoms. The molecule has 0 unspecified atom stereocenters. The average Bonchev–Trinajstić information content (AvgIpc) is 3.15. The van der Waals surface area contributed by atoms with Crippen molar-refractivity contribution in [1.29, 1.82) is 0 Å². The summed E-state index contributed by atoms with van der Waals surface area (Å²) in [5.74, 6) is 1.76. The Hall–Kier alpha value is -2.18. The lowest BCUT2D eigenvalue weighted by Gasteiger charge is -2.18. The van der Waals surface area contributed by atoms with E-state index in [0.29, 0.717) is 35.2 Å². The van der Waals surface area contributed by atoms with E-state index in [9.17, 15) is 4.79 Å². The van der Waals surface area contributed by atoms with Crippen LogP contribution in [0, 0.1) is 0 Å². The van der Waals surface area contributed by atoms with E-state index in [1.165, 1.54) is 0 Å². The molecule has 26 heavy (non-hydrogen) atoms. The maximum atomic E-state index is 12.9. The molecule has 3 rings (SSSR count). The van der Waals surface area contributed by atoms with E-state index in [2.05, 4.69) is 4.99 Å². The Labute approximate surface area is 162 Å². The van der Waals surface area contributed by atoms with E-state index in [1.54, 1.807) is 49.1 Å². The number of aliphatic imine (C=N–C) groups is 1. The fourth-order valence-corrected chi connectivity index (χ4v) is 3.72. The summed E-state index contributed by atoms with van der Waals surface area (Å²) in [6.07, 6.45) is 0. The predicted octanol–water partition coefficient (Wildman–Crippen LogP) is 4.10. The number of nitrogens with zero attached hydrogens (tertiary/aromatic N) is 2. The molecule has 5 nitrogen and oxygen atoms in total. The van der Waals surface area contributed by atoms with Crippen molar-refractivity contribution in [1.82, 2.24) is 4.90 Å². The Morgan fingerprint density at radius 2 is 1.88 bits per heavy atom. The van der Waals surface area contributed by atoms with Gasteiger partial charge in [0, 0.05) is 22.9 Å². The number of methoxy groups -OCH3 is 2. The van der Waals surface area contributed by atoms with E-state index in [1.807, 2.05) is 24.3 Å². The number of amides is 1. The quantitative estimate of drug-likeness (QED) is 0.771. The summed E-state index contributed by atoms with van der Waals surface area (Å²) >= 11 is 7.46. The lowest BCUT2D eigenvalue weighted by atomic mass is 10.2. The van der Waals surface area contributed by atoms with Gasteiger partial charge in [0.2, 0.25) is 0 Å². The van der Waals surface area contributed by atoms with Crippen LogP contribution >= 0.6 is 23.4 Å². The van der Waals surface area contributed by atoms with Crippen LogP contribution in [0.2, 0.25) is 5.02 Å². The summed E-state index contributed by atoms with van der Waals surface area (Å²) in [6.45, 7) is 1.19. The van der Waals surface area contributed by atoms with Crippen LogP contribution in [-0.4, -0.2) is 43.3 Å². The van der Waals surface area contributed by atoms with Crippen molar-refractivity contribution in [2.24, 2.45) is 4.99 Å². The molecule has 0 N–H and O–H groups in total. The lowest BCUT2D eigenvalue weighted by Crippen LogP contribution is -2.32. The van der Waals surface area contributed by atoms with Crippen LogP contribution in [0.15, 0.2) is 47.5 Å². The molecular formula is C19H19ClN2O3S. The molecular weight excluding hydrogens is 372 g/mol. The second kappa shape index (κ2) is 8.47. The zero-order valence-corrected chi connectivity index (χ0v) is 16.1. The first-order valence-electron chi connectivity index (χ1n) is 8.08. The molecule has 1 aliphatic rings. The standard InChI is InChI=1S/C19H19ClN2O3S/c1-24-16-8-5-14(11-17(16)25-2)18(23)22-10-9-21-19(22)26-12-13-3-6-15(20)7-4-13/h3-8,11H,9-10,12H2,1-2H3. The topological polar surface area (TPSA) is 51.1 Å². The van der Waals surface area contributed by atoms with Gasteiger partial charge in [-0.05, 0) is 35.9 Å². The van der Waals surface area contributed by atoms with Gasteiger partial charge in [-0.3, -0.25) is 14.7 Å².